The molecule has 0 fully saturated rings. The molecule has 0 saturated carbocycles. The van der Waals surface area contributed by atoms with Gasteiger partial charge in [0.05, 0.1) is 23.9 Å². The van der Waals surface area contributed by atoms with Gasteiger partial charge in [0, 0.05) is 28.4 Å². The summed E-state index contributed by atoms with van der Waals surface area (Å²) < 4.78 is 0. The Bertz CT molecular complexity index is 4980. The van der Waals surface area contributed by atoms with Crippen LogP contribution in [0.15, 0.2) is 291 Å². The van der Waals surface area contributed by atoms with Crippen molar-refractivity contribution in [3.63, 3.8) is 0 Å². The highest BCUT2D eigenvalue weighted by Crippen LogP contribution is 2.54. The van der Waals surface area contributed by atoms with Crippen molar-refractivity contribution in [3.05, 3.63) is 342 Å². The number of hydrogen-bond acceptors (Lipinski definition) is 2. The minimum absolute atomic E-state index is 0.142. The topological polar surface area (TPSA) is 31.4 Å². The third kappa shape index (κ3) is 11.5. The molecule has 4 heteroatoms. The lowest BCUT2D eigenvalue weighted by molar-refractivity contribution is 0.589. The molecule has 0 aliphatic carbocycles. The minimum atomic E-state index is -0.322. The van der Waals surface area contributed by atoms with Gasteiger partial charge in [-0.1, -0.05) is 304 Å². The molecule has 0 spiro atoms. The summed E-state index contributed by atoms with van der Waals surface area (Å²) in [4.78, 5) is 6.64. The van der Waals surface area contributed by atoms with Crippen LogP contribution in [0, 0.1) is 17.9 Å². The number of benzene rings is 13. The van der Waals surface area contributed by atoms with Gasteiger partial charge in [0.25, 0.3) is 0 Å². The Kier molecular flexibility index (Phi) is 15.6. The number of nitriles is 1. The number of rotatable bonds is 10. The zero-order chi connectivity index (χ0) is 66.9. The number of anilines is 3. The zero-order valence-corrected chi connectivity index (χ0v) is 56.7. The second-order valence-electron chi connectivity index (χ2n) is 29.5. The van der Waals surface area contributed by atoms with Crippen LogP contribution in [0.1, 0.15) is 107 Å². The van der Waals surface area contributed by atoms with Crippen molar-refractivity contribution in [2.45, 2.75) is 84.5 Å². The molecule has 2 aliphatic rings. The SMILES string of the molecule is [C-]#[N+]c1cccc(-c2cc(-c3ccccc3)c(N3c4ccc(-c5ccccc5)cc4B4c5cc(-c6ccccc6)ccc5C(c5c(-c6ccccc6)cc(-c6cccc(C#N)c6)cc5-c5cccc(C(C)(C)C)c5)c5cc(C(C)(C)C)cc3c54)c(-c3cccc(C(C)(C)C)c3)c2)c1. The summed E-state index contributed by atoms with van der Waals surface area (Å²) in [7, 11) is 0. The van der Waals surface area contributed by atoms with Crippen LogP contribution < -0.4 is 21.3 Å². The first-order chi connectivity index (χ1) is 46.9. The lowest BCUT2D eigenvalue weighted by Crippen LogP contribution is -2.62. The van der Waals surface area contributed by atoms with Crippen molar-refractivity contribution in [2.24, 2.45) is 0 Å². The van der Waals surface area contributed by atoms with E-state index in [1.807, 2.05) is 36.4 Å². The molecule has 2 aliphatic heterocycles. The van der Waals surface area contributed by atoms with Crippen LogP contribution in [0.3, 0.4) is 0 Å². The van der Waals surface area contributed by atoms with E-state index in [1.54, 1.807) is 0 Å². The Morgan fingerprint density at radius 1 is 0.351 bits per heavy atom. The Labute approximate surface area is 573 Å². The first-order valence-corrected chi connectivity index (χ1v) is 33.9. The summed E-state index contributed by atoms with van der Waals surface area (Å²) in [6.07, 6.45) is 0. The van der Waals surface area contributed by atoms with E-state index in [0.717, 1.165) is 106 Å². The molecule has 0 bridgehead atoms. The normalized spacial score (nSPS) is 13.2. The van der Waals surface area contributed by atoms with Crippen molar-refractivity contribution >= 4 is 45.9 Å². The van der Waals surface area contributed by atoms with Gasteiger partial charge in [0.15, 0.2) is 5.69 Å². The van der Waals surface area contributed by atoms with E-state index in [1.165, 1.54) is 49.8 Å². The predicted molar refractivity (Wildman–Crippen MR) is 410 cm³/mol. The van der Waals surface area contributed by atoms with Crippen LogP contribution >= 0.6 is 0 Å². The summed E-state index contributed by atoms with van der Waals surface area (Å²) in [5.74, 6) is -0.315. The maximum absolute atomic E-state index is 10.4. The van der Waals surface area contributed by atoms with Crippen molar-refractivity contribution in [1.29, 1.82) is 5.26 Å². The van der Waals surface area contributed by atoms with Crippen LogP contribution in [0.25, 0.3) is 93.9 Å². The Balaban J connectivity index is 1.15. The fourth-order valence-electron chi connectivity index (χ4n) is 15.0. The van der Waals surface area contributed by atoms with Crippen LogP contribution in [-0.2, 0) is 16.2 Å². The molecular weight excluding hydrogens is 1170 g/mol. The molecule has 13 aromatic rings. The molecule has 0 amide bonds. The van der Waals surface area contributed by atoms with Gasteiger partial charge < -0.3 is 4.90 Å². The molecule has 1 atom stereocenters. The van der Waals surface area contributed by atoms with Gasteiger partial charge in [-0.3, -0.25) is 0 Å². The smallest absolute Gasteiger partial charge is 0.247 e. The van der Waals surface area contributed by atoms with Crippen molar-refractivity contribution in [2.75, 3.05) is 4.90 Å². The first-order valence-electron chi connectivity index (χ1n) is 33.9. The first kappa shape index (κ1) is 61.9. The van der Waals surface area contributed by atoms with Crippen molar-refractivity contribution < 1.29 is 0 Å². The lowest BCUT2D eigenvalue weighted by atomic mass is 9.30. The fourth-order valence-corrected chi connectivity index (χ4v) is 15.0. The highest BCUT2D eigenvalue weighted by atomic mass is 15.2. The second kappa shape index (κ2) is 24.5. The second-order valence-corrected chi connectivity index (χ2v) is 29.5. The monoisotopic (exact) mass is 1250 g/mol. The minimum Gasteiger partial charge on any atom is -0.310 e. The van der Waals surface area contributed by atoms with Gasteiger partial charge in [-0.05, 0) is 193 Å². The summed E-state index contributed by atoms with van der Waals surface area (Å²) in [6.45, 7) is 28.9. The maximum Gasteiger partial charge on any atom is 0.247 e. The van der Waals surface area contributed by atoms with Gasteiger partial charge in [-0.15, -0.1) is 0 Å². The van der Waals surface area contributed by atoms with Gasteiger partial charge in [-0.2, -0.15) is 5.26 Å². The van der Waals surface area contributed by atoms with E-state index < -0.39 is 0 Å². The predicted octanol–water partition coefficient (Wildman–Crippen LogP) is 23.1. The average Bonchev–Trinajstić information content (AvgIpc) is 0.687. The molecule has 2 heterocycles. The molecule has 0 N–H and O–H groups in total. The van der Waals surface area contributed by atoms with E-state index in [-0.39, 0.29) is 28.9 Å². The van der Waals surface area contributed by atoms with Crippen LogP contribution in [0.4, 0.5) is 22.7 Å². The Hall–Kier alpha value is -11.3. The van der Waals surface area contributed by atoms with E-state index in [4.69, 9.17) is 6.57 Å². The van der Waals surface area contributed by atoms with Gasteiger partial charge in [0.2, 0.25) is 6.71 Å². The van der Waals surface area contributed by atoms with Crippen LogP contribution in [0.5, 0.6) is 0 Å². The van der Waals surface area contributed by atoms with Gasteiger partial charge in [0.1, 0.15) is 0 Å². The molecule has 97 heavy (non-hydrogen) atoms. The summed E-state index contributed by atoms with van der Waals surface area (Å²) >= 11 is 0. The van der Waals surface area contributed by atoms with E-state index in [9.17, 15) is 5.26 Å². The third-order valence-corrected chi connectivity index (χ3v) is 20.1. The zero-order valence-electron chi connectivity index (χ0n) is 56.7. The van der Waals surface area contributed by atoms with Gasteiger partial charge in [-0.25, -0.2) is 4.85 Å². The summed E-state index contributed by atoms with van der Waals surface area (Å²) in [5, 5.41) is 10.4. The molecule has 15 rings (SSSR count). The molecule has 0 aromatic heterocycles. The summed E-state index contributed by atoms with van der Waals surface area (Å²) in [6, 6.07) is 110. The third-order valence-electron chi connectivity index (χ3n) is 20.1. The molecule has 0 radical (unpaired) electrons. The lowest BCUT2D eigenvalue weighted by Gasteiger charge is -2.45. The number of hydrogen-bond donors (Lipinski definition) is 0. The highest BCUT2D eigenvalue weighted by Gasteiger charge is 2.47. The Morgan fingerprint density at radius 2 is 0.794 bits per heavy atom. The quantitative estimate of drug-likeness (QED) is 0.101. The average molecular weight is 1250 g/mol. The Morgan fingerprint density at radius 3 is 1.35 bits per heavy atom. The molecule has 13 aromatic carbocycles. The van der Waals surface area contributed by atoms with Crippen LogP contribution in [0.2, 0.25) is 0 Å². The molecule has 1 unspecified atom stereocenters. The highest BCUT2D eigenvalue weighted by molar-refractivity contribution is 6.99. The molecule has 0 saturated heterocycles. The molecular formula is C93H76BN3. The number of nitrogens with zero attached hydrogens (tertiary/aromatic N) is 3. The molecule has 466 valence electrons. The summed E-state index contributed by atoms with van der Waals surface area (Å²) in [5.41, 5.74) is 32.8. The van der Waals surface area contributed by atoms with Crippen molar-refractivity contribution in [3.8, 4) is 95.1 Å². The maximum atomic E-state index is 10.4. The molecule has 3 nitrogen and oxygen atoms in total. The largest absolute Gasteiger partial charge is 0.310 e. The number of fused-ring (bicyclic) bond motifs is 4. The van der Waals surface area contributed by atoms with Crippen LogP contribution in [-0.4, -0.2) is 6.71 Å². The van der Waals surface area contributed by atoms with E-state index in [2.05, 4.69) is 333 Å². The van der Waals surface area contributed by atoms with Gasteiger partial charge >= 0.3 is 0 Å². The van der Waals surface area contributed by atoms with Crippen molar-refractivity contribution in [1.82, 2.24) is 0 Å². The fraction of sp³-hybridized carbons (Fsp3) is 0.140. The standard InChI is InChI=1S/C93H76BN3/c1-91(2,3)73-40-24-38-69(48-73)79-52-71(65-36-23-27-60(47-65)59-95)51-78(63-32-19-13-20-33-63)88(79)87-77-45-43-67(61-28-15-11-16-29-61)55-83(77)94-84-56-68(62-30-17-12-18-31-62)44-46-85(84)97(86-58-75(93(7,8)9)57-82(87)89(86)94)90-80(64-34-21-14-22-35-64)53-72(66-37-26-42-76(50-66)96-10)54-81(90)70-39-25-41-74(49-70)92(4,5)6/h11-58,87H,1-9H3. The van der Waals surface area contributed by atoms with E-state index >= 15 is 0 Å². The van der Waals surface area contributed by atoms with E-state index in [0.29, 0.717) is 11.3 Å².